The number of terminal acetylenes is 1. The van der Waals surface area contributed by atoms with Crippen molar-refractivity contribution in [2.24, 2.45) is 0 Å². The van der Waals surface area contributed by atoms with Crippen LogP contribution in [-0.4, -0.2) is 31.4 Å². The molecule has 1 N–H and O–H groups in total. The number of aryl methyl sites for hydroxylation is 1. The molecule has 0 bridgehead atoms. The highest BCUT2D eigenvalue weighted by molar-refractivity contribution is 7.89. The van der Waals surface area contributed by atoms with Crippen molar-refractivity contribution in [3.8, 4) is 12.3 Å². The molecule has 0 saturated heterocycles. The molecule has 0 atom stereocenters. The van der Waals surface area contributed by atoms with E-state index in [1.54, 1.807) is 0 Å². The fourth-order valence-corrected chi connectivity index (χ4v) is 2.51. The molecule has 1 heterocycles. The normalized spacial score (nSPS) is 11.7. The minimum absolute atomic E-state index is 0.0125. The lowest BCUT2D eigenvalue weighted by molar-refractivity contribution is 0.244. The van der Waals surface area contributed by atoms with Crippen LogP contribution in [0.5, 0.6) is 0 Å². The van der Waals surface area contributed by atoms with Crippen LogP contribution in [0.25, 0.3) is 0 Å². The number of furan rings is 1. The number of sulfonamides is 1. The van der Waals surface area contributed by atoms with Crippen LogP contribution in [0, 0.1) is 19.3 Å². The van der Waals surface area contributed by atoms with E-state index in [1.165, 1.54) is 20.0 Å². The molecule has 5 nitrogen and oxygen atoms in total. The van der Waals surface area contributed by atoms with Crippen LogP contribution >= 0.6 is 0 Å². The van der Waals surface area contributed by atoms with Gasteiger partial charge in [0.25, 0.3) is 0 Å². The molecule has 0 spiro atoms. The molecule has 1 rings (SSSR count). The zero-order valence-corrected chi connectivity index (χ0v) is 9.91. The molecule has 1 aromatic heterocycles. The predicted octanol–water partition coefficient (Wildman–Crippen LogP) is 0.334. The zero-order valence-electron chi connectivity index (χ0n) is 9.10. The first kappa shape index (κ1) is 12.8. The van der Waals surface area contributed by atoms with Gasteiger partial charge >= 0.3 is 0 Å². The second kappa shape index (κ2) is 4.70. The fraction of sp³-hybridized carbons (Fsp3) is 0.400. The van der Waals surface area contributed by atoms with Gasteiger partial charge in [-0.3, -0.25) is 0 Å². The molecule has 0 aliphatic carbocycles. The Morgan fingerprint density at radius 1 is 1.62 bits per heavy atom. The van der Waals surface area contributed by atoms with Crippen LogP contribution in [-0.2, 0) is 16.6 Å². The molecular formula is C10H13NO4S. The second-order valence-corrected chi connectivity index (χ2v) is 5.27. The van der Waals surface area contributed by atoms with E-state index in [2.05, 4.69) is 5.92 Å². The number of hydrogen-bond acceptors (Lipinski definition) is 4. The van der Waals surface area contributed by atoms with Gasteiger partial charge in [0.15, 0.2) is 0 Å². The SMILES string of the molecule is C#CCN(C)S(=O)(=O)c1cc(CO)oc1C. The van der Waals surface area contributed by atoms with Gasteiger partial charge in [0, 0.05) is 13.1 Å². The molecule has 0 aliphatic rings. The molecule has 0 fully saturated rings. The molecule has 0 saturated carbocycles. The van der Waals surface area contributed by atoms with Crippen molar-refractivity contribution in [1.82, 2.24) is 4.31 Å². The van der Waals surface area contributed by atoms with Crippen LogP contribution in [0.2, 0.25) is 0 Å². The number of aliphatic hydroxyl groups excluding tert-OH is 1. The Morgan fingerprint density at radius 3 is 2.69 bits per heavy atom. The molecule has 0 aliphatic heterocycles. The Balaban J connectivity index is 3.17. The van der Waals surface area contributed by atoms with Gasteiger partial charge in [-0.05, 0) is 6.92 Å². The van der Waals surface area contributed by atoms with Crippen LogP contribution in [0.3, 0.4) is 0 Å². The summed E-state index contributed by atoms with van der Waals surface area (Å²) in [6, 6.07) is 1.30. The average molecular weight is 243 g/mol. The summed E-state index contributed by atoms with van der Waals surface area (Å²) in [4.78, 5) is 0.0364. The molecule has 0 amide bonds. The highest BCUT2D eigenvalue weighted by Crippen LogP contribution is 2.22. The third-order valence-corrected chi connectivity index (χ3v) is 3.99. The minimum atomic E-state index is -3.64. The molecule has 6 heteroatoms. The summed E-state index contributed by atoms with van der Waals surface area (Å²) in [5.74, 6) is 2.71. The molecule has 88 valence electrons. The molecular weight excluding hydrogens is 230 g/mol. The van der Waals surface area contributed by atoms with Crippen LogP contribution in [0.1, 0.15) is 11.5 Å². The maximum atomic E-state index is 12.0. The van der Waals surface area contributed by atoms with E-state index in [-0.39, 0.29) is 29.6 Å². The quantitative estimate of drug-likeness (QED) is 0.774. The van der Waals surface area contributed by atoms with Crippen molar-refractivity contribution in [3.05, 3.63) is 17.6 Å². The Bertz CT molecular complexity index is 509. The third kappa shape index (κ3) is 2.27. The van der Waals surface area contributed by atoms with Gasteiger partial charge in [-0.25, -0.2) is 8.42 Å². The van der Waals surface area contributed by atoms with E-state index in [4.69, 9.17) is 15.9 Å². The summed E-state index contributed by atoms with van der Waals surface area (Å²) in [6.45, 7) is 1.17. The minimum Gasteiger partial charge on any atom is -0.462 e. The summed E-state index contributed by atoms with van der Waals surface area (Å²) in [5.41, 5.74) is 0. The maximum Gasteiger partial charge on any atom is 0.247 e. The van der Waals surface area contributed by atoms with Crippen molar-refractivity contribution in [2.45, 2.75) is 18.4 Å². The monoisotopic (exact) mass is 243 g/mol. The largest absolute Gasteiger partial charge is 0.462 e. The number of rotatable bonds is 4. The van der Waals surface area contributed by atoms with Crippen LogP contribution < -0.4 is 0 Å². The zero-order chi connectivity index (χ0) is 12.3. The van der Waals surface area contributed by atoms with Gasteiger partial charge in [-0.15, -0.1) is 6.42 Å². The smallest absolute Gasteiger partial charge is 0.247 e. The van der Waals surface area contributed by atoms with Gasteiger partial charge in [0.2, 0.25) is 10.0 Å². The van der Waals surface area contributed by atoms with Gasteiger partial charge in [-0.1, -0.05) is 5.92 Å². The first-order valence-electron chi connectivity index (χ1n) is 4.53. The average Bonchev–Trinajstić information content (AvgIpc) is 2.60. The van der Waals surface area contributed by atoms with Crippen LogP contribution in [0.15, 0.2) is 15.4 Å². The standard InChI is InChI=1S/C10H13NO4S/c1-4-5-11(3)16(13,14)10-6-9(7-12)15-8(10)2/h1,6,12H,5,7H2,2-3H3. The number of hydrogen-bond donors (Lipinski definition) is 1. The van der Waals surface area contributed by atoms with E-state index in [0.717, 1.165) is 4.31 Å². The Morgan fingerprint density at radius 2 is 2.25 bits per heavy atom. The van der Waals surface area contributed by atoms with Crippen molar-refractivity contribution in [2.75, 3.05) is 13.6 Å². The lowest BCUT2D eigenvalue weighted by atomic mass is 10.4. The third-order valence-electron chi connectivity index (χ3n) is 2.08. The lowest BCUT2D eigenvalue weighted by Crippen LogP contribution is -2.27. The summed E-state index contributed by atoms with van der Waals surface area (Å²) in [6.07, 6.45) is 5.05. The molecule has 0 unspecified atom stereocenters. The van der Waals surface area contributed by atoms with E-state index in [9.17, 15) is 8.42 Å². The Hall–Kier alpha value is -1.29. The summed E-state index contributed by atoms with van der Waals surface area (Å²) < 4.78 is 30.0. The highest BCUT2D eigenvalue weighted by Gasteiger charge is 2.25. The first-order valence-corrected chi connectivity index (χ1v) is 5.97. The van der Waals surface area contributed by atoms with Gasteiger partial charge < -0.3 is 9.52 Å². The molecule has 0 aromatic carbocycles. The van der Waals surface area contributed by atoms with Crippen molar-refractivity contribution >= 4 is 10.0 Å². The number of aliphatic hydroxyl groups is 1. The van der Waals surface area contributed by atoms with Gasteiger partial charge in [0.1, 0.15) is 23.0 Å². The van der Waals surface area contributed by atoms with E-state index in [0.29, 0.717) is 0 Å². The maximum absolute atomic E-state index is 12.0. The van der Waals surface area contributed by atoms with E-state index in [1.807, 2.05) is 0 Å². The van der Waals surface area contributed by atoms with Crippen molar-refractivity contribution in [1.29, 1.82) is 0 Å². The molecule has 1 aromatic rings. The summed E-state index contributed by atoms with van der Waals surface area (Å²) >= 11 is 0. The van der Waals surface area contributed by atoms with Crippen molar-refractivity contribution < 1.29 is 17.9 Å². The Kier molecular flexibility index (Phi) is 3.75. The topological polar surface area (TPSA) is 70.8 Å². The van der Waals surface area contributed by atoms with Gasteiger partial charge in [0.05, 0.1) is 6.54 Å². The predicted molar refractivity (Wildman–Crippen MR) is 58.0 cm³/mol. The van der Waals surface area contributed by atoms with Gasteiger partial charge in [-0.2, -0.15) is 4.31 Å². The number of nitrogens with zero attached hydrogens (tertiary/aromatic N) is 1. The first-order chi connectivity index (χ1) is 7.43. The second-order valence-electron chi connectivity index (χ2n) is 3.26. The van der Waals surface area contributed by atoms with E-state index < -0.39 is 10.0 Å². The molecule has 16 heavy (non-hydrogen) atoms. The Labute approximate surface area is 94.7 Å². The summed E-state index contributed by atoms with van der Waals surface area (Å²) in [7, 11) is -2.25. The highest BCUT2D eigenvalue weighted by atomic mass is 32.2. The fourth-order valence-electron chi connectivity index (χ4n) is 1.24. The summed E-state index contributed by atoms with van der Waals surface area (Å²) in [5, 5.41) is 8.85. The molecule has 0 radical (unpaired) electrons. The van der Waals surface area contributed by atoms with Crippen LogP contribution in [0.4, 0.5) is 0 Å². The lowest BCUT2D eigenvalue weighted by Gasteiger charge is -2.12. The van der Waals surface area contributed by atoms with Crippen molar-refractivity contribution in [3.63, 3.8) is 0 Å². The van der Waals surface area contributed by atoms with E-state index >= 15 is 0 Å².